The van der Waals surface area contributed by atoms with E-state index in [2.05, 4.69) is 11.2 Å². The number of hydrogen-bond acceptors (Lipinski definition) is 3. The molecule has 0 aliphatic heterocycles. The molecule has 0 fully saturated rings. The Morgan fingerprint density at radius 2 is 2.07 bits per heavy atom. The van der Waals surface area contributed by atoms with Crippen LogP contribution in [0.4, 0.5) is 0 Å². The van der Waals surface area contributed by atoms with Crippen molar-refractivity contribution in [3.05, 3.63) is 0 Å². The summed E-state index contributed by atoms with van der Waals surface area (Å²) in [7, 11) is 0. The van der Waals surface area contributed by atoms with Gasteiger partial charge >= 0.3 is 5.97 Å². The first-order valence-corrected chi connectivity index (χ1v) is 4.08. The number of terminal acetylenes is 1. The Morgan fingerprint density at radius 3 is 2.50 bits per heavy atom. The molecule has 0 aliphatic rings. The Labute approximate surface area is 82.4 Å². The van der Waals surface area contributed by atoms with Crippen LogP contribution in [-0.4, -0.2) is 35.7 Å². The monoisotopic (exact) mass is 199 g/mol. The third-order valence-electron chi connectivity index (χ3n) is 1.49. The van der Waals surface area contributed by atoms with Crippen molar-refractivity contribution >= 4 is 11.9 Å². The van der Waals surface area contributed by atoms with Gasteiger partial charge in [-0.3, -0.25) is 4.79 Å². The Hall–Kier alpha value is -1.54. The van der Waals surface area contributed by atoms with Gasteiger partial charge in [-0.25, -0.2) is 4.79 Å². The van der Waals surface area contributed by atoms with Crippen molar-refractivity contribution < 1.29 is 19.4 Å². The van der Waals surface area contributed by atoms with Gasteiger partial charge in [0.05, 0.1) is 6.54 Å². The maximum absolute atomic E-state index is 11.1. The van der Waals surface area contributed by atoms with Crippen molar-refractivity contribution in [2.45, 2.75) is 26.1 Å². The molecular weight excluding hydrogens is 186 g/mol. The zero-order valence-corrected chi connectivity index (χ0v) is 8.11. The maximum Gasteiger partial charge on any atom is 0.332 e. The van der Waals surface area contributed by atoms with E-state index in [1.807, 2.05) is 0 Å². The van der Waals surface area contributed by atoms with Crippen LogP contribution >= 0.6 is 0 Å². The fourth-order valence-electron chi connectivity index (χ4n) is 0.708. The number of aliphatic carboxylic acids is 1. The fraction of sp³-hybridized carbons (Fsp3) is 0.556. The van der Waals surface area contributed by atoms with Crippen molar-refractivity contribution in [2.24, 2.45) is 0 Å². The third kappa shape index (κ3) is 4.48. The standard InChI is InChI=1S/C9H13NO4/c1-4-5-10-8(11)6(2)14-7(3)9(12)13/h1,6-7H,5H2,2-3H3,(H,10,11)(H,12,13)/t6?,7-/m0/s1. The van der Waals surface area contributed by atoms with Gasteiger partial charge in [-0.15, -0.1) is 6.42 Å². The summed E-state index contributed by atoms with van der Waals surface area (Å²) in [6.07, 6.45) is 3.09. The van der Waals surface area contributed by atoms with Crippen LogP contribution in [0.3, 0.4) is 0 Å². The molecule has 0 aromatic heterocycles. The first-order valence-electron chi connectivity index (χ1n) is 4.08. The highest BCUT2D eigenvalue weighted by molar-refractivity contribution is 5.81. The minimum Gasteiger partial charge on any atom is -0.479 e. The largest absolute Gasteiger partial charge is 0.479 e. The van der Waals surface area contributed by atoms with Crippen molar-refractivity contribution in [1.29, 1.82) is 0 Å². The number of carbonyl (C=O) groups is 2. The Bertz CT molecular complexity index is 256. The number of nitrogens with one attached hydrogen (secondary N) is 1. The highest BCUT2D eigenvalue weighted by atomic mass is 16.5. The minimum absolute atomic E-state index is 0.105. The summed E-state index contributed by atoms with van der Waals surface area (Å²) < 4.78 is 4.89. The van der Waals surface area contributed by atoms with Gasteiger partial charge in [0, 0.05) is 0 Å². The topological polar surface area (TPSA) is 75.6 Å². The van der Waals surface area contributed by atoms with Gasteiger partial charge in [-0.1, -0.05) is 5.92 Å². The summed E-state index contributed by atoms with van der Waals surface area (Å²) in [5.74, 6) is 0.696. The van der Waals surface area contributed by atoms with Gasteiger partial charge in [0.25, 0.3) is 0 Å². The van der Waals surface area contributed by atoms with E-state index in [4.69, 9.17) is 16.3 Å². The summed E-state index contributed by atoms with van der Waals surface area (Å²) in [5, 5.41) is 10.9. The van der Waals surface area contributed by atoms with E-state index < -0.39 is 24.1 Å². The van der Waals surface area contributed by atoms with Gasteiger partial charge in [-0.05, 0) is 13.8 Å². The Balaban J connectivity index is 3.96. The summed E-state index contributed by atoms with van der Waals surface area (Å²) in [6, 6.07) is 0. The molecule has 5 nitrogen and oxygen atoms in total. The molecule has 0 heterocycles. The van der Waals surface area contributed by atoms with Crippen LogP contribution in [0.15, 0.2) is 0 Å². The number of carboxylic acid groups (broad SMARTS) is 1. The predicted octanol–water partition coefficient (Wildman–Crippen LogP) is -0.386. The van der Waals surface area contributed by atoms with E-state index in [1.165, 1.54) is 13.8 Å². The lowest BCUT2D eigenvalue weighted by atomic mass is 10.3. The van der Waals surface area contributed by atoms with Crippen molar-refractivity contribution in [1.82, 2.24) is 5.32 Å². The first kappa shape index (κ1) is 12.5. The van der Waals surface area contributed by atoms with E-state index in [0.29, 0.717) is 0 Å². The molecule has 0 radical (unpaired) electrons. The molecule has 0 aliphatic carbocycles. The fourth-order valence-corrected chi connectivity index (χ4v) is 0.708. The number of amides is 1. The average Bonchev–Trinajstić information content (AvgIpc) is 2.13. The molecule has 0 aromatic carbocycles. The lowest BCUT2D eigenvalue weighted by Crippen LogP contribution is -2.38. The zero-order chi connectivity index (χ0) is 11.1. The predicted molar refractivity (Wildman–Crippen MR) is 49.5 cm³/mol. The number of carboxylic acids is 1. The van der Waals surface area contributed by atoms with Crippen LogP contribution in [0.5, 0.6) is 0 Å². The van der Waals surface area contributed by atoms with Gasteiger partial charge in [0.1, 0.15) is 6.10 Å². The molecule has 1 unspecified atom stereocenters. The van der Waals surface area contributed by atoms with Crippen LogP contribution < -0.4 is 5.32 Å². The highest BCUT2D eigenvalue weighted by Gasteiger charge is 2.19. The van der Waals surface area contributed by atoms with Crippen LogP contribution in [0.2, 0.25) is 0 Å². The molecule has 0 bridgehead atoms. The van der Waals surface area contributed by atoms with Crippen LogP contribution in [-0.2, 0) is 14.3 Å². The van der Waals surface area contributed by atoms with E-state index in [1.54, 1.807) is 0 Å². The molecule has 0 aromatic rings. The molecule has 0 saturated carbocycles. The number of hydrogen-bond donors (Lipinski definition) is 2. The lowest BCUT2D eigenvalue weighted by molar-refractivity contribution is -0.155. The zero-order valence-electron chi connectivity index (χ0n) is 8.11. The van der Waals surface area contributed by atoms with E-state index in [-0.39, 0.29) is 6.54 Å². The van der Waals surface area contributed by atoms with Crippen LogP contribution in [0.1, 0.15) is 13.8 Å². The first-order chi connectivity index (χ1) is 6.49. The SMILES string of the molecule is C#CCNC(=O)C(C)O[C@@H](C)C(=O)O. The number of rotatable bonds is 5. The second-order valence-corrected chi connectivity index (χ2v) is 2.68. The Morgan fingerprint density at radius 1 is 1.50 bits per heavy atom. The van der Waals surface area contributed by atoms with Gasteiger partial charge in [-0.2, -0.15) is 0 Å². The summed E-state index contributed by atoms with van der Waals surface area (Å²) >= 11 is 0. The molecule has 0 saturated heterocycles. The second-order valence-electron chi connectivity index (χ2n) is 2.68. The highest BCUT2D eigenvalue weighted by Crippen LogP contribution is 1.98. The van der Waals surface area contributed by atoms with Gasteiger partial charge < -0.3 is 15.2 Å². The molecule has 5 heteroatoms. The van der Waals surface area contributed by atoms with Crippen molar-refractivity contribution in [2.75, 3.05) is 6.54 Å². The lowest BCUT2D eigenvalue weighted by Gasteiger charge is -2.14. The minimum atomic E-state index is -1.11. The smallest absolute Gasteiger partial charge is 0.332 e. The molecule has 2 N–H and O–H groups in total. The normalized spacial score (nSPS) is 13.8. The molecule has 14 heavy (non-hydrogen) atoms. The van der Waals surface area contributed by atoms with E-state index in [9.17, 15) is 9.59 Å². The maximum atomic E-state index is 11.1. The van der Waals surface area contributed by atoms with Crippen molar-refractivity contribution in [3.63, 3.8) is 0 Å². The van der Waals surface area contributed by atoms with E-state index >= 15 is 0 Å². The van der Waals surface area contributed by atoms with Crippen LogP contribution in [0.25, 0.3) is 0 Å². The average molecular weight is 199 g/mol. The summed E-state index contributed by atoms with van der Waals surface area (Å²) in [4.78, 5) is 21.5. The number of ether oxygens (including phenoxy) is 1. The third-order valence-corrected chi connectivity index (χ3v) is 1.49. The van der Waals surface area contributed by atoms with E-state index in [0.717, 1.165) is 0 Å². The van der Waals surface area contributed by atoms with Gasteiger partial charge in [0.15, 0.2) is 6.10 Å². The van der Waals surface area contributed by atoms with Gasteiger partial charge in [0.2, 0.25) is 5.91 Å². The molecule has 2 atom stereocenters. The quantitative estimate of drug-likeness (QED) is 0.591. The summed E-state index contributed by atoms with van der Waals surface area (Å²) in [5.41, 5.74) is 0. The molecule has 0 spiro atoms. The van der Waals surface area contributed by atoms with Crippen molar-refractivity contribution in [3.8, 4) is 12.3 Å². The molecule has 0 rings (SSSR count). The molecular formula is C9H13NO4. The van der Waals surface area contributed by atoms with Crippen LogP contribution in [0, 0.1) is 12.3 Å². The summed E-state index contributed by atoms with van der Waals surface area (Å²) in [6.45, 7) is 2.92. The molecule has 1 amide bonds. The Kier molecular flexibility index (Phi) is 5.34. The molecule has 78 valence electrons. The second kappa shape index (κ2) is 6.00. The number of carbonyl (C=O) groups excluding carboxylic acids is 1.